The molecule has 0 N–H and O–H groups in total. The summed E-state index contributed by atoms with van der Waals surface area (Å²) in [6.07, 6.45) is 0. The molecule has 0 radical (unpaired) electrons. The Morgan fingerprint density at radius 1 is 1.43 bits per heavy atom. The Bertz CT molecular complexity index is 409. The lowest BCUT2D eigenvalue weighted by atomic mass is 10.1. The first-order chi connectivity index (χ1) is 6.65. The van der Waals surface area contributed by atoms with Crippen LogP contribution in [0.1, 0.15) is 22.8 Å². The summed E-state index contributed by atoms with van der Waals surface area (Å²) in [6.45, 7) is 1.55. The number of cyclic esters (lactones) is 1. The number of esters is 2. The third-order valence-corrected chi connectivity index (χ3v) is 1.83. The summed E-state index contributed by atoms with van der Waals surface area (Å²) in [7, 11) is 0. The van der Waals surface area contributed by atoms with Gasteiger partial charge < -0.3 is 9.47 Å². The Morgan fingerprint density at radius 3 is 2.93 bits per heavy atom. The van der Waals surface area contributed by atoms with E-state index in [4.69, 9.17) is 9.47 Å². The second-order valence-electron chi connectivity index (χ2n) is 3.04. The maximum Gasteiger partial charge on any atom is 0.338 e. The Labute approximate surface area is 80.4 Å². The second kappa shape index (κ2) is 3.14. The van der Waals surface area contributed by atoms with E-state index in [1.54, 1.807) is 12.1 Å². The SMILES string of the molecule is CC(=O)Oc1cc2cc(c1)C(=O)OC2. The molecule has 0 atom stereocenters. The average Bonchev–Trinajstić information content (AvgIpc) is 2.11. The smallest absolute Gasteiger partial charge is 0.338 e. The van der Waals surface area contributed by atoms with Gasteiger partial charge in [-0.3, -0.25) is 4.79 Å². The normalized spacial score (nSPS) is 13.4. The van der Waals surface area contributed by atoms with Crippen LogP contribution in [0, 0.1) is 0 Å². The minimum absolute atomic E-state index is 0.237. The van der Waals surface area contributed by atoms with Crippen LogP contribution < -0.4 is 4.74 Å². The molecule has 0 spiro atoms. The van der Waals surface area contributed by atoms with Crippen LogP contribution in [0.4, 0.5) is 0 Å². The van der Waals surface area contributed by atoms with Crippen LogP contribution >= 0.6 is 0 Å². The fraction of sp³-hybridized carbons (Fsp3) is 0.200. The summed E-state index contributed by atoms with van der Waals surface area (Å²) in [4.78, 5) is 21.8. The number of ether oxygens (including phenoxy) is 2. The van der Waals surface area contributed by atoms with Crippen LogP contribution in [0.15, 0.2) is 18.2 Å². The summed E-state index contributed by atoms with van der Waals surface area (Å²) in [5, 5.41) is 0. The lowest BCUT2D eigenvalue weighted by molar-refractivity contribution is -0.131. The van der Waals surface area contributed by atoms with Gasteiger partial charge in [0.15, 0.2) is 0 Å². The van der Waals surface area contributed by atoms with Crippen LogP contribution in [0.25, 0.3) is 0 Å². The van der Waals surface area contributed by atoms with Gasteiger partial charge in [0.1, 0.15) is 12.4 Å². The summed E-state index contributed by atoms with van der Waals surface area (Å²) >= 11 is 0. The minimum Gasteiger partial charge on any atom is -0.457 e. The van der Waals surface area contributed by atoms with Crippen LogP contribution in [0.5, 0.6) is 5.75 Å². The summed E-state index contributed by atoms with van der Waals surface area (Å²) in [5.74, 6) is -0.393. The van der Waals surface area contributed by atoms with Gasteiger partial charge >= 0.3 is 11.9 Å². The lowest BCUT2D eigenvalue weighted by Crippen LogP contribution is -2.12. The van der Waals surface area contributed by atoms with Crippen molar-refractivity contribution >= 4 is 11.9 Å². The zero-order chi connectivity index (χ0) is 10.1. The molecule has 2 rings (SSSR count). The first-order valence-corrected chi connectivity index (χ1v) is 4.14. The highest BCUT2D eigenvalue weighted by Crippen LogP contribution is 2.22. The van der Waals surface area contributed by atoms with E-state index in [1.807, 2.05) is 0 Å². The molecule has 1 aromatic rings. The van der Waals surface area contributed by atoms with E-state index in [2.05, 4.69) is 0 Å². The molecule has 4 heteroatoms. The summed E-state index contributed by atoms with van der Waals surface area (Å²) in [5.41, 5.74) is 1.25. The first kappa shape index (κ1) is 8.74. The number of rotatable bonds is 1. The monoisotopic (exact) mass is 192 g/mol. The molecule has 0 aromatic heterocycles. The molecule has 1 heterocycles. The van der Waals surface area contributed by atoms with E-state index in [0.717, 1.165) is 5.56 Å². The van der Waals surface area contributed by atoms with Crippen LogP contribution in [-0.2, 0) is 16.1 Å². The lowest BCUT2D eigenvalue weighted by Gasteiger charge is -2.14. The third kappa shape index (κ3) is 1.59. The Morgan fingerprint density at radius 2 is 2.21 bits per heavy atom. The zero-order valence-electron chi connectivity index (χ0n) is 7.57. The summed E-state index contributed by atoms with van der Waals surface area (Å²) in [6, 6.07) is 4.89. The fourth-order valence-electron chi connectivity index (χ4n) is 1.32. The van der Waals surface area contributed by atoms with Crippen molar-refractivity contribution in [3.63, 3.8) is 0 Å². The van der Waals surface area contributed by atoms with E-state index in [0.29, 0.717) is 11.3 Å². The maximum absolute atomic E-state index is 11.1. The molecule has 1 aliphatic rings. The fourth-order valence-corrected chi connectivity index (χ4v) is 1.32. The van der Waals surface area contributed by atoms with Crippen LogP contribution in [0.3, 0.4) is 0 Å². The molecule has 0 unspecified atom stereocenters. The molecule has 0 saturated heterocycles. The van der Waals surface area contributed by atoms with E-state index < -0.39 is 5.97 Å². The molecule has 14 heavy (non-hydrogen) atoms. The van der Waals surface area contributed by atoms with E-state index in [1.165, 1.54) is 13.0 Å². The van der Waals surface area contributed by atoms with Gasteiger partial charge in [0.05, 0.1) is 5.56 Å². The van der Waals surface area contributed by atoms with Gasteiger partial charge in [-0.15, -0.1) is 0 Å². The van der Waals surface area contributed by atoms with Crippen molar-refractivity contribution in [1.29, 1.82) is 0 Å². The predicted octanol–water partition coefficient (Wildman–Crippen LogP) is 1.28. The molecule has 4 nitrogen and oxygen atoms in total. The highest BCUT2D eigenvalue weighted by Gasteiger charge is 2.16. The van der Waals surface area contributed by atoms with Crippen molar-refractivity contribution in [2.75, 3.05) is 0 Å². The Balaban J connectivity index is 2.37. The van der Waals surface area contributed by atoms with E-state index in [-0.39, 0.29) is 12.6 Å². The van der Waals surface area contributed by atoms with Crippen molar-refractivity contribution in [2.45, 2.75) is 13.5 Å². The molecule has 2 bridgehead atoms. The maximum atomic E-state index is 11.1. The predicted molar refractivity (Wildman–Crippen MR) is 46.9 cm³/mol. The van der Waals surface area contributed by atoms with Crippen LogP contribution in [-0.4, -0.2) is 11.9 Å². The van der Waals surface area contributed by atoms with Gasteiger partial charge in [-0.1, -0.05) is 0 Å². The molecule has 0 saturated carbocycles. The molecule has 1 aliphatic heterocycles. The van der Waals surface area contributed by atoms with Crippen molar-refractivity contribution in [2.24, 2.45) is 0 Å². The Hall–Kier alpha value is -1.84. The molecular weight excluding hydrogens is 184 g/mol. The third-order valence-electron chi connectivity index (χ3n) is 1.83. The number of benzene rings is 1. The largest absolute Gasteiger partial charge is 0.457 e. The molecular formula is C10H8O4. The number of carbonyl (C=O) groups excluding carboxylic acids is 2. The van der Waals surface area contributed by atoms with E-state index in [9.17, 15) is 9.59 Å². The standard InChI is InChI=1S/C10H8O4/c1-6(11)14-9-3-7-2-8(4-9)10(12)13-5-7/h2-4H,5H2,1H3. The number of hydrogen-bond donors (Lipinski definition) is 0. The second-order valence-corrected chi connectivity index (χ2v) is 3.04. The summed E-state index contributed by atoms with van der Waals surface area (Å²) < 4.78 is 9.71. The highest BCUT2D eigenvalue weighted by molar-refractivity contribution is 5.91. The van der Waals surface area contributed by atoms with Crippen molar-refractivity contribution in [3.05, 3.63) is 29.3 Å². The Kier molecular flexibility index (Phi) is 1.96. The molecule has 0 amide bonds. The van der Waals surface area contributed by atoms with Crippen molar-refractivity contribution in [1.82, 2.24) is 0 Å². The highest BCUT2D eigenvalue weighted by atomic mass is 16.5. The van der Waals surface area contributed by atoms with Gasteiger partial charge in [-0.2, -0.15) is 0 Å². The quantitative estimate of drug-likeness (QED) is 0.496. The number of hydrogen-bond acceptors (Lipinski definition) is 4. The van der Waals surface area contributed by atoms with Gasteiger partial charge in [-0.05, 0) is 23.8 Å². The molecule has 1 aromatic carbocycles. The average molecular weight is 192 g/mol. The molecule has 0 aliphatic carbocycles. The van der Waals surface area contributed by atoms with Gasteiger partial charge in [0, 0.05) is 6.92 Å². The minimum atomic E-state index is -0.401. The van der Waals surface area contributed by atoms with Crippen LogP contribution in [0.2, 0.25) is 0 Å². The van der Waals surface area contributed by atoms with Crippen molar-refractivity contribution in [3.8, 4) is 5.75 Å². The van der Waals surface area contributed by atoms with E-state index >= 15 is 0 Å². The van der Waals surface area contributed by atoms with Gasteiger partial charge in [0.25, 0.3) is 0 Å². The number of fused-ring (bicyclic) bond motifs is 2. The van der Waals surface area contributed by atoms with Gasteiger partial charge in [0.2, 0.25) is 0 Å². The van der Waals surface area contributed by atoms with Crippen molar-refractivity contribution < 1.29 is 19.1 Å². The molecule has 72 valence electrons. The first-order valence-electron chi connectivity index (χ1n) is 4.14. The zero-order valence-corrected chi connectivity index (χ0v) is 7.57. The number of carbonyl (C=O) groups is 2. The van der Waals surface area contributed by atoms with Gasteiger partial charge in [-0.25, -0.2) is 4.79 Å². The molecule has 0 fully saturated rings. The topological polar surface area (TPSA) is 52.6 Å².